The van der Waals surface area contributed by atoms with Gasteiger partial charge in [0.2, 0.25) is 11.8 Å². The van der Waals surface area contributed by atoms with Gasteiger partial charge in [0.05, 0.1) is 9.95 Å². The van der Waals surface area contributed by atoms with E-state index in [0.29, 0.717) is 5.69 Å². The van der Waals surface area contributed by atoms with Gasteiger partial charge in [-0.3, -0.25) is 10.1 Å². The number of non-ortho nitro benzene ring substituents is 1. The third-order valence-corrected chi connectivity index (χ3v) is 2.48. The van der Waals surface area contributed by atoms with Crippen molar-refractivity contribution in [1.82, 2.24) is 9.97 Å². The van der Waals surface area contributed by atoms with Crippen LogP contribution in [0.5, 0.6) is 11.6 Å². The van der Waals surface area contributed by atoms with E-state index in [2.05, 4.69) is 9.97 Å². The maximum atomic E-state index is 10.6. The first kappa shape index (κ1) is 13.0. The van der Waals surface area contributed by atoms with Crippen LogP contribution in [-0.2, 0) is 0 Å². The molecule has 0 spiro atoms. The van der Waals surface area contributed by atoms with Gasteiger partial charge in [-0.1, -0.05) is 11.6 Å². The van der Waals surface area contributed by atoms with Crippen LogP contribution in [0.3, 0.4) is 0 Å². The topological polar surface area (TPSA) is 104 Å². The summed E-state index contributed by atoms with van der Waals surface area (Å²) < 4.78 is 5.42. The highest BCUT2D eigenvalue weighted by Gasteiger charge is 2.11. The van der Waals surface area contributed by atoms with E-state index in [9.17, 15) is 10.1 Å². The molecular formula is C11H9ClN4O3. The van der Waals surface area contributed by atoms with E-state index in [1.807, 2.05) is 0 Å². The molecule has 1 aromatic carbocycles. The zero-order valence-corrected chi connectivity index (χ0v) is 10.6. The van der Waals surface area contributed by atoms with Gasteiger partial charge in [-0.05, 0) is 13.0 Å². The molecule has 0 fully saturated rings. The van der Waals surface area contributed by atoms with Gasteiger partial charge >= 0.3 is 0 Å². The molecule has 0 aliphatic rings. The first-order chi connectivity index (χ1) is 8.95. The smallest absolute Gasteiger partial charge is 0.271 e. The Morgan fingerprint density at radius 2 is 2.11 bits per heavy atom. The Morgan fingerprint density at radius 1 is 1.37 bits per heavy atom. The zero-order valence-electron chi connectivity index (χ0n) is 9.83. The number of hydrogen-bond acceptors (Lipinski definition) is 6. The monoisotopic (exact) mass is 280 g/mol. The molecule has 8 heteroatoms. The molecule has 2 rings (SSSR count). The molecule has 0 radical (unpaired) electrons. The molecule has 7 nitrogen and oxygen atoms in total. The molecule has 2 aromatic rings. The quantitative estimate of drug-likeness (QED) is 0.684. The first-order valence-corrected chi connectivity index (χ1v) is 5.56. The summed E-state index contributed by atoms with van der Waals surface area (Å²) in [6, 6.07) is 5.47. The highest BCUT2D eigenvalue weighted by Crippen LogP contribution is 2.31. The molecule has 0 saturated heterocycles. The summed E-state index contributed by atoms with van der Waals surface area (Å²) in [7, 11) is 0. The van der Waals surface area contributed by atoms with E-state index < -0.39 is 4.92 Å². The van der Waals surface area contributed by atoms with Crippen LogP contribution in [0.25, 0.3) is 0 Å². The second-order valence-corrected chi connectivity index (χ2v) is 4.09. The third kappa shape index (κ3) is 3.08. The van der Waals surface area contributed by atoms with Gasteiger partial charge in [0.1, 0.15) is 5.75 Å². The molecule has 0 aliphatic carbocycles. The van der Waals surface area contributed by atoms with E-state index >= 15 is 0 Å². The molecule has 0 amide bonds. The van der Waals surface area contributed by atoms with Gasteiger partial charge in [0.25, 0.3) is 5.69 Å². The fourth-order valence-corrected chi connectivity index (χ4v) is 1.63. The van der Waals surface area contributed by atoms with E-state index in [4.69, 9.17) is 22.1 Å². The van der Waals surface area contributed by atoms with Crippen LogP contribution in [0.2, 0.25) is 5.02 Å². The summed E-state index contributed by atoms with van der Waals surface area (Å²) in [6.45, 7) is 1.74. The number of aromatic nitrogens is 2. The Hall–Kier alpha value is -2.41. The van der Waals surface area contributed by atoms with Crippen molar-refractivity contribution in [3.8, 4) is 11.6 Å². The molecule has 0 bridgehead atoms. The number of nitro groups is 1. The van der Waals surface area contributed by atoms with E-state index in [1.165, 1.54) is 18.2 Å². The Bertz CT molecular complexity index is 628. The molecule has 2 N–H and O–H groups in total. The van der Waals surface area contributed by atoms with Gasteiger partial charge in [-0.2, -0.15) is 4.98 Å². The molecular weight excluding hydrogens is 272 g/mol. The molecule has 19 heavy (non-hydrogen) atoms. The maximum Gasteiger partial charge on any atom is 0.271 e. The van der Waals surface area contributed by atoms with Crippen molar-refractivity contribution in [2.45, 2.75) is 6.92 Å². The highest BCUT2D eigenvalue weighted by atomic mass is 35.5. The number of halogens is 1. The lowest BCUT2D eigenvalue weighted by Crippen LogP contribution is -1.99. The Balaban J connectivity index is 2.30. The van der Waals surface area contributed by atoms with Crippen molar-refractivity contribution in [2.75, 3.05) is 5.73 Å². The van der Waals surface area contributed by atoms with Gasteiger partial charge in [-0.25, -0.2) is 4.98 Å². The van der Waals surface area contributed by atoms with Crippen molar-refractivity contribution in [1.29, 1.82) is 0 Å². The van der Waals surface area contributed by atoms with Crippen LogP contribution < -0.4 is 10.5 Å². The number of benzene rings is 1. The average molecular weight is 281 g/mol. The number of ether oxygens (including phenoxy) is 1. The summed E-state index contributed by atoms with van der Waals surface area (Å²) in [6.07, 6.45) is 0. The Labute approximate surface area is 113 Å². The van der Waals surface area contributed by atoms with Crippen LogP contribution in [-0.4, -0.2) is 14.9 Å². The maximum absolute atomic E-state index is 10.6. The van der Waals surface area contributed by atoms with Gasteiger partial charge in [-0.15, -0.1) is 0 Å². The minimum Gasteiger partial charge on any atom is -0.437 e. The third-order valence-electron chi connectivity index (χ3n) is 2.19. The fourth-order valence-electron chi connectivity index (χ4n) is 1.41. The number of nitro benzene ring substituents is 1. The predicted octanol–water partition coefficient (Wildman–Crippen LogP) is 2.72. The SMILES string of the molecule is Cc1cc(Oc2ccc([N+](=O)[O-])cc2Cl)nc(N)n1. The minimum absolute atomic E-state index is 0.0769. The van der Waals surface area contributed by atoms with Gasteiger partial charge < -0.3 is 10.5 Å². The summed E-state index contributed by atoms with van der Waals surface area (Å²) in [4.78, 5) is 17.8. The van der Waals surface area contributed by atoms with Crippen molar-refractivity contribution in [3.63, 3.8) is 0 Å². The molecule has 0 unspecified atom stereocenters. The first-order valence-electron chi connectivity index (χ1n) is 5.18. The Kier molecular flexibility index (Phi) is 3.48. The molecule has 1 heterocycles. The summed E-state index contributed by atoms with van der Waals surface area (Å²) in [5.74, 6) is 0.554. The predicted molar refractivity (Wildman–Crippen MR) is 69.4 cm³/mol. The van der Waals surface area contributed by atoms with Crippen LogP contribution in [0.1, 0.15) is 5.69 Å². The van der Waals surface area contributed by atoms with Crippen molar-refractivity contribution in [2.24, 2.45) is 0 Å². The second-order valence-electron chi connectivity index (χ2n) is 3.68. The van der Waals surface area contributed by atoms with E-state index in [1.54, 1.807) is 13.0 Å². The lowest BCUT2D eigenvalue weighted by atomic mass is 10.3. The van der Waals surface area contributed by atoms with E-state index in [0.717, 1.165) is 0 Å². The van der Waals surface area contributed by atoms with Crippen LogP contribution in [0, 0.1) is 17.0 Å². The van der Waals surface area contributed by atoms with Gasteiger partial charge in [0.15, 0.2) is 0 Å². The molecule has 0 aliphatic heterocycles. The van der Waals surface area contributed by atoms with Crippen molar-refractivity contribution in [3.05, 3.63) is 45.1 Å². The van der Waals surface area contributed by atoms with Crippen LogP contribution in [0.15, 0.2) is 24.3 Å². The number of aryl methyl sites for hydroxylation is 1. The second kappa shape index (κ2) is 5.07. The van der Waals surface area contributed by atoms with E-state index in [-0.39, 0.29) is 28.3 Å². The lowest BCUT2D eigenvalue weighted by molar-refractivity contribution is -0.384. The molecule has 1 aromatic heterocycles. The largest absolute Gasteiger partial charge is 0.437 e. The fraction of sp³-hybridized carbons (Fsp3) is 0.0909. The number of rotatable bonds is 3. The minimum atomic E-state index is -0.539. The lowest BCUT2D eigenvalue weighted by Gasteiger charge is -2.07. The molecule has 0 saturated carbocycles. The zero-order chi connectivity index (χ0) is 14.0. The van der Waals surface area contributed by atoms with Gasteiger partial charge in [0, 0.05) is 23.9 Å². The van der Waals surface area contributed by atoms with Crippen molar-refractivity contribution >= 4 is 23.2 Å². The number of nitrogens with two attached hydrogens (primary N) is 1. The highest BCUT2D eigenvalue weighted by molar-refractivity contribution is 6.32. The summed E-state index contributed by atoms with van der Waals surface area (Å²) in [5, 5.41) is 10.7. The molecule has 98 valence electrons. The number of nitrogen functional groups attached to an aromatic ring is 1. The van der Waals surface area contributed by atoms with Crippen LogP contribution in [0.4, 0.5) is 11.6 Å². The average Bonchev–Trinajstić information content (AvgIpc) is 2.30. The number of anilines is 1. The standard InChI is InChI=1S/C11H9ClN4O3/c1-6-4-10(15-11(13)14-6)19-9-3-2-7(16(17)18)5-8(9)12/h2-5H,1H3,(H2,13,14,15). The summed E-state index contributed by atoms with van der Waals surface area (Å²) >= 11 is 5.90. The van der Waals surface area contributed by atoms with Crippen molar-refractivity contribution < 1.29 is 9.66 Å². The normalized spacial score (nSPS) is 10.2. The molecule has 0 atom stereocenters. The number of hydrogen-bond donors (Lipinski definition) is 1. The summed E-state index contributed by atoms with van der Waals surface area (Å²) in [5.41, 5.74) is 6.01. The Morgan fingerprint density at radius 3 is 2.68 bits per heavy atom. The van der Waals surface area contributed by atoms with Crippen LogP contribution >= 0.6 is 11.6 Å². The number of nitrogens with zero attached hydrogens (tertiary/aromatic N) is 3.